The van der Waals surface area contributed by atoms with Crippen molar-refractivity contribution in [1.82, 2.24) is 14.4 Å². The van der Waals surface area contributed by atoms with Crippen LogP contribution in [0, 0.1) is 0 Å². The van der Waals surface area contributed by atoms with Gasteiger partial charge in [0.15, 0.2) is 0 Å². The standard InChI is InChI=1S/C29H35N3O2/c1-5-17-31(28(34)23-13-15-24(16-14-23)29(2,3)4)21-26(33)32-20-19-30-18-9-12-25(30)27(32)22-10-7-6-8-11-22/h6-16,18,27H,5,17,19-21H2,1-4H3/t27-/m0/s1. The van der Waals surface area contributed by atoms with Crippen molar-refractivity contribution < 1.29 is 9.59 Å². The van der Waals surface area contributed by atoms with Gasteiger partial charge in [0.05, 0.1) is 6.04 Å². The Morgan fingerprint density at radius 3 is 2.29 bits per heavy atom. The third kappa shape index (κ3) is 4.93. The van der Waals surface area contributed by atoms with Gasteiger partial charge in [0.25, 0.3) is 5.91 Å². The molecule has 0 spiro atoms. The SMILES string of the molecule is CCCN(CC(=O)N1CCn2cccc2[C@@H]1c1ccccc1)C(=O)c1ccc(C(C)(C)C)cc1. The summed E-state index contributed by atoms with van der Waals surface area (Å²) >= 11 is 0. The number of rotatable bonds is 6. The maximum Gasteiger partial charge on any atom is 0.254 e. The van der Waals surface area contributed by atoms with Crippen molar-refractivity contribution in [2.75, 3.05) is 19.6 Å². The molecular formula is C29H35N3O2. The van der Waals surface area contributed by atoms with Crippen LogP contribution >= 0.6 is 0 Å². The number of hydrogen-bond donors (Lipinski definition) is 0. The van der Waals surface area contributed by atoms with E-state index in [2.05, 4.69) is 49.7 Å². The van der Waals surface area contributed by atoms with Crippen molar-refractivity contribution >= 4 is 11.8 Å². The maximum atomic E-state index is 13.6. The third-order valence-corrected chi connectivity index (χ3v) is 6.58. The average Bonchev–Trinajstić information content (AvgIpc) is 3.31. The molecule has 1 aliphatic rings. The highest BCUT2D eigenvalue weighted by Crippen LogP contribution is 2.32. The molecule has 0 N–H and O–H groups in total. The summed E-state index contributed by atoms with van der Waals surface area (Å²) in [5, 5.41) is 0. The minimum absolute atomic E-state index is 0.0191. The third-order valence-electron chi connectivity index (χ3n) is 6.58. The summed E-state index contributed by atoms with van der Waals surface area (Å²) in [7, 11) is 0. The predicted octanol–water partition coefficient (Wildman–Crippen LogP) is 5.27. The van der Waals surface area contributed by atoms with E-state index >= 15 is 0 Å². The van der Waals surface area contributed by atoms with Crippen molar-refractivity contribution in [3.05, 3.63) is 95.3 Å². The first kappa shape index (κ1) is 23.8. The van der Waals surface area contributed by atoms with Crippen molar-refractivity contribution in [2.24, 2.45) is 0 Å². The van der Waals surface area contributed by atoms with E-state index in [1.54, 1.807) is 4.90 Å². The molecule has 2 amide bonds. The van der Waals surface area contributed by atoms with E-state index < -0.39 is 0 Å². The van der Waals surface area contributed by atoms with Gasteiger partial charge in [-0.25, -0.2) is 0 Å². The van der Waals surface area contributed by atoms with Crippen LogP contribution in [0.2, 0.25) is 0 Å². The van der Waals surface area contributed by atoms with Crippen LogP contribution in [-0.4, -0.2) is 45.8 Å². The molecule has 178 valence electrons. The summed E-state index contributed by atoms with van der Waals surface area (Å²) in [6, 6.07) is 21.9. The molecule has 5 heteroatoms. The normalized spacial score (nSPS) is 15.6. The van der Waals surface area contributed by atoms with Crippen molar-refractivity contribution in [2.45, 2.75) is 52.1 Å². The lowest BCUT2D eigenvalue weighted by Gasteiger charge is -2.38. The number of hydrogen-bond acceptors (Lipinski definition) is 2. The summed E-state index contributed by atoms with van der Waals surface area (Å²) in [5.74, 6) is -0.110. The molecule has 0 radical (unpaired) electrons. The summed E-state index contributed by atoms with van der Waals surface area (Å²) in [5.41, 5.74) is 4.03. The molecule has 1 aromatic heterocycles. The number of benzene rings is 2. The molecule has 0 unspecified atom stereocenters. The Balaban J connectivity index is 1.56. The van der Waals surface area contributed by atoms with Crippen LogP contribution in [0.5, 0.6) is 0 Å². The average molecular weight is 458 g/mol. The van der Waals surface area contributed by atoms with Crippen LogP contribution in [0.3, 0.4) is 0 Å². The van der Waals surface area contributed by atoms with Crippen LogP contribution in [0.1, 0.15) is 67.3 Å². The lowest BCUT2D eigenvalue weighted by atomic mass is 9.86. The van der Waals surface area contributed by atoms with Gasteiger partial charge in [-0.1, -0.05) is 70.2 Å². The monoisotopic (exact) mass is 457 g/mol. The smallest absolute Gasteiger partial charge is 0.254 e. The number of carbonyl (C=O) groups excluding carboxylic acids is 2. The van der Waals surface area contributed by atoms with E-state index in [1.807, 2.05) is 60.4 Å². The number of fused-ring (bicyclic) bond motifs is 1. The van der Waals surface area contributed by atoms with Gasteiger partial charge >= 0.3 is 0 Å². The summed E-state index contributed by atoms with van der Waals surface area (Å²) < 4.78 is 2.22. The molecule has 0 saturated carbocycles. The largest absolute Gasteiger partial charge is 0.348 e. The van der Waals surface area contributed by atoms with Gasteiger partial charge in [0.2, 0.25) is 5.91 Å². The second kappa shape index (κ2) is 9.88. The molecule has 4 rings (SSSR count). The van der Waals surface area contributed by atoms with E-state index in [0.29, 0.717) is 18.7 Å². The molecule has 0 bridgehead atoms. The Labute approximate surface area is 203 Å². The van der Waals surface area contributed by atoms with Gasteiger partial charge in [0, 0.05) is 37.1 Å². The minimum atomic E-state index is -0.151. The lowest BCUT2D eigenvalue weighted by molar-refractivity contribution is -0.134. The minimum Gasteiger partial charge on any atom is -0.348 e. The summed E-state index contributed by atoms with van der Waals surface area (Å²) in [6.07, 6.45) is 2.87. The van der Waals surface area contributed by atoms with Crippen molar-refractivity contribution in [3.63, 3.8) is 0 Å². The Hall–Kier alpha value is -3.34. The highest BCUT2D eigenvalue weighted by molar-refractivity contribution is 5.96. The van der Waals surface area contributed by atoms with Crippen LogP contribution in [0.15, 0.2) is 72.9 Å². The van der Waals surface area contributed by atoms with Crippen molar-refractivity contribution in [1.29, 1.82) is 0 Å². The maximum absolute atomic E-state index is 13.6. The molecule has 2 heterocycles. The number of nitrogens with zero attached hydrogens (tertiary/aromatic N) is 3. The molecule has 5 nitrogen and oxygen atoms in total. The zero-order valence-electron chi connectivity index (χ0n) is 20.7. The topological polar surface area (TPSA) is 45.6 Å². The lowest BCUT2D eigenvalue weighted by Crippen LogP contribution is -2.48. The van der Waals surface area contributed by atoms with E-state index in [4.69, 9.17) is 0 Å². The Morgan fingerprint density at radius 2 is 1.65 bits per heavy atom. The van der Waals surface area contributed by atoms with Crippen LogP contribution in [-0.2, 0) is 16.8 Å². The first-order valence-electron chi connectivity index (χ1n) is 12.2. The fourth-order valence-corrected chi connectivity index (χ4v) is 4.71. The van der Waals surface area contributed by atoms with Crippen molar-refractivity contribution in [3.8, 4) is 0 Å². The first-order chi connectivity index (χ1) is 16.3. The zero-order chi connectivity index (χ0) is 24.3. The Morgan fingerprint density at radius 1 is 0.941 bits per heavy atom. The number of aromatic nitrogens is 1. The quantitative estimate of drug-likeness (QED) is 0.506. The zero-order valence-corrected chi connectivity index (χ0v) is 20.7. The second-order valence-electron chi connectivity index (χ2n) is 10.1. The van der Waals surface area contributed by atoms with Crippen LogP contribution < -0.4 is 0 Å². The van der Waals surface area contributed by atoms with Gasteiger partial charge in [-0.05, 0) is 47.2 Å². The number of amides is 2. The molecule has 34 heavy (non-hydrogen) atoms. The Kier molecular flexibility index (Phi) is 6.92. The fraction of sp³-hybridized carbons (Fsp3) is 0.379. The predicted molar refractivity (Wildman–Crippen MR) is 136 cm³/mol. The van der Waals surface area contributed by atoms with Gasteiger partial charge in [-0.2, -0.15) is 0 Å². The highest BCUT2D eigenvalue weighted by Gasteiger charge is 2.33. The first-order valence-corrected chi connectivity index (χ1v) is 12.2. The fourth-order valence-electron chi connectivity index (χ4n) is 4.71. The Bertz CT molecular complexity index is 1130. The van der Waals surface area contributed by atoms with Crippen LogP contribution in [0.25, 0.3) is 0 Å². The van der Waals surface area contributed by atoms with Crippen LogP contribution in [0.4, 0.5) is 0 Å². The number of carbonyl (C=O) groups is 2. The second-order valence-corrected chi connectivity index (χ2v) is 10.1. The van der Waals surface area contributed by atoms with E-state index in [9.17, 15) is 9.59 Å². The molecule has 0 saturated heterocycles. The molecule has 0 aliphatic carbocycles. The molecule has 1 atom stereocenters. The van der Waals surface area contributed by atoms with E-state index in [-0.39, 0.29) is 29.8 Å². The summed E-state index contributed by atoms with van der Waals surface area (Å²) in [4.78, 5) is 30.6. The molecule has 0 fully saturated rings. The molecule has 3 aromatic rings. The van der Waals surface area contributed by atoms with Gasteiger partial charge < -0.3 is 14.4 Å². The molecule has 1 aliphatic heterocycles. The van der Waals surface area contributed by atoms with Gasteiger partial charge in [-0.3, -0.25) is 9.59 Å². The highest BCUT2D eigenvalue weighted by atomic mass is 16.2. The van der Waals surface area contributed by atoms with E-state index in [0.717, 1.165) is 24.2 Å². The molecular weight excluding hydrogens is 422 g/mol. The van der Waals surface area contributed by atoms with Gasteiger partial charge in [-0.15, -0.1) is 0 Å². The van der Waals surface area contributed by atoms with Gasteiger partial charge in [0.1, 0.15) is 6.54 Å². The summed E-state index contributed by atoms with van der Waals surface area (Å²) in [6.45, 7) is 10.5. The molecule has 2 aromatic carbocycles. The van der Waals surface area contributed by atoms with E-state index in [1.165, 1.54) is 5.56 Å².